The molecular formula is C64H47N. The third-order valence-electron chi connectivity index (χ3n) is 13.8. The van der Waals surface area contributed by atoms with Crippen LogP contribution in [0.2, 0.25) is 0 Å². The summed E-state index contributed by atoms with van der Waals surface area (Å²) in [5, 5.41) is 2.48. The Morgan fingerprint density at radius 2 is 0.938 bits per heavy atom. The fraction of sp³-hybridized carbons (Fsp3) is 0.0625. The summed E-state index contributed by atoms with van der Waals surface area (Å²) >= 11 is 0. The van der Waals surface area contributed by atoms with Crippen LogP contribution in [0.5, 0.6) is 0 Å². The van der Waals surface area contributed by atoms with E-state index >= 15 is 0 Å². The van der Waals surface area contributed by atoms with Crippen molar-refractivity contribution in [3.8, 4) is 55.6 Å². The van der Waals surface area contributed by atoms with Gasteiger partial charge in [-0.1, -0.05) is 206 Å². The molecule has 1 nitrogen and oxygen atoms in total. The zero-order chi connectivity index (χ0) is 43.1. The molecule has 0 fully saturated rings. The van der Waals surface area contributed by atoms with Gasteiger partial charge in [0.05, 0.1) is 0 Å². The van der Waals surface area contributed by atoms with Gasteiger partial charge >= 0.3 is 0 Å². The summed E-state index contributed by atoms with van der Waals surface area (Å²) in [5.74, 6) is 0.217. The van der Waals surface area contributed by atoms with Crippen LogP contribution >= 0.6 is 0 Å². The lowest BCUT2D eigenvalue weighted by molar-refractivity contribution is 0.795. The molecule has 0 aromatic heterocycles. The summed E-state index contributed by atoms with van der Waals surface area (Å²) in [6.45, 7) is 0. The average Bonchev–Trinajstić information content (AvgIpc) is 3.39. The highest BCUT2D eigenvalue weighted by Crippen LogP contribution is 2.48. The Balaban J connectivity index is 0.971. The first-order chi connectivity index (χ1) is 32.2. The highest BCUT2D eigenvalue weighted by molar-refractivity contribution is 6.02. The van der Waals surface area contributed by atoms with E-state index < -0.39 is 0 Å². The first-order valence-electron chi connectivity index (χ1n) is 23.0. The van der Waals surface area contributed by atoms with Crippen molar-refractivity contribution in [2.75, 3.05) is 4.90 Å². The van der Waals surface area contributed by atoms with Crippen LogP contribution in [0.25, 0.3) is 72.5 Å². The minimum absolute atomic E-state index is 0.217. The van der Waals surface area contributed by atoms with Crippen molar-refractivity contribution in [1.82, 2.24) is 0 Å². The Labute approximate surface area is 382 Å². The van der Waals surface area contributed by atoms with Gasteiger partial charge < -0.3 is 4.90 Å². The molecule has 308 valence electrons. The number of rotatable bonds is 8. The molecule has 0 amide bonds. The molecule has 1 unspecified atom stereocenters. The largest absolute Gasteiger partial charge is 0.310 e. The molecule has 0 saturated carbocycles. The molecule has 0 saturated heterocycles. The minimum atomic E-state index is 0.217. The summed E-state index contributed by atoms with van der Waals surface area (Å²) in [6.07, 6.45) is 7.70. The Kier molecular flexibility index (Phi) is 9.88. The Hall–Kier alpha value is -8.00. The van der Waals surface area contributed by atoms with Gasteiger partial charge in [0, 0.05) is 23.0 Å². The van der Waals surface area contributed by atoms with E-state index in [1.807, 2.05) is 0 Å². The van der Waals surface area contributed by atoms with Gasteiger partial charge in [-0.15, -0.1) is 0 Å². The number of nitrogens with zero attached hydrogens (tertiary/aromatic N) is 1. The van der Waals surface area contributed by atoms with Crippen molar-refractivity contribution >= 4 is 33.9 Å². The first-order valence-corrected chi connectivity index (χ1v) is 23.0. The molecular weight excluding hydrogens is 783 g/mol. The van der Waals surface area contributed by atoms with Crippen LogP contribution in [0.4, 0.5) is 17.1 Å². The quantitative estimate of drug-likeness (QED) is 0.147. The van der Waals surface area contributed by atoms with Crippen LogP contribution in [0.1, 0.15) is 40.2 Å². The summed E-state index contributed by atoms with van der Waals surface area (Å²) in [6, 6.07) is 85.4. The zero-order valence-electron chi connectivity index (χ0n) is 36.2. The van der Waals surface area contributed by atoms with Gasteiger partial charge in [-0.25, -0.2) is 0 Å². The second kappa shape index (κ2) is 16.6. The maximum absolute atomic E-state index is 2.43. The number of allylic oxidation sites excluding steroid dienone is 1. The number of fused-ring (bicyclic) bond motifs is 5. The summed E-state index contributed by atoms with van der Waals surface area (Å²) in [5.41, 5.74) is 22.9. The SMILES string of the molecule is C1=Cc2cccc(-c3ccc(-c4ccc(N(c5ccccc5)c5ccc(-c6ccccc6C6Cc7ccccc7-c7ccccc76)c(-c6cccc7ccccc67)c5)cc4)cc3)c2CC1. The number of anilines is 3. The minimum Gasteiger partial charge on any atom is -0.310 e. The van der Waals surface area contributed by atoms with Gasteiger partial charge in [-0.05, 0) is 150 Å². The maximum atomic E-state index is 2.43. The van der Waals surface area contributed by atoms with Crippen LogP contribution in [0.3, 0.4) is 0 Å². The average molecular weight is 830 g/mol. The van der Waals surface area contributed by atoms with E-state index in [0.717, 1.165) is 36.3 Å². The molecule has 10 aromatic carbocycles. The Morgan fingerprint density at radius 1 is 0.369 bits per heavy atom. The molecule has 0 spiro atoms. The Bertz CT molecular complexity index is 3390. The molecule has 0 heterocycles. The molecule has 0 N–H and O–H groups in total. The van der Waals surface area contributed by atoms with Crippen LogP contribution in [0.15, 0.2) is 237 Å². The molecule has 0 radical (unpaired) electrons. The second-order valence-electron chi connectivity index (χ2n) is 17.5. The van der Waals surface area contributed by atoms with Gasteiger partial charge in [0.2, 0.25) is 0 Å². The molecule has 10 aromatic rings. The molecule has 2 aliphatic rings. The molecule has 0 aliphatic heterocycles. The lowest BCUT2D eigenvalue weighted by Gasteiger charge is -2.30. The van der Waals surface area contributed by atoms with Crippen molar-refractivity contribution in [3.05, 3.63) is 264 Å². The predicted octanol–water partition coefficient (Wildman–Crippen LogP) is 17.3. The molecule has 0 bridgehead atoms. The van der Waals surface area contributed by atoms with Gasteiger partial charge in [-0.2, -0.15) is 0 Å². The lowest BCUT2D eigenvalue weighted by atomic mass is 9.73. The van der Waals surface area contributed by atoms with Crippen molar-refractivity contribution in [1.29, 1.82) is 0 Å². The van der Waals surface area contributed by atoms with Crippen molar-refractivity contribution < 1.29 is 0 Å². The highest BCUT2D eigenvalue weighted by atomic mass is 15.1. The molecule has 1 heteroatoms. The highest BCUT2D eigenvalue weighted by Gasteiger charge is 2.28. The summed E-state index contributed by atoms with van der Waals surface area (Å²) in [4.78, 5) is 2.40. The van der Waals surface area contributed by atoms with Crippen molar-refractivity contribution in [3.63, 3.8) is 0 Å². The van der Waals surface area contributed by atoms with Crippen LogP contribution in [0, 0.1) is 0 Å². The monoisotopic (exact) mass is 829 g/mol. The fourth-order valence-corrected chi connectivity index (χ4v) is 10.7. The molecule has 1 atom stereocenters. The third kappa shape index (κ3) is 7.07. The molecule has 12 rings (SSSR count). The van der Waals surface area contributed by atoms with Crippen LogP contribution in [-0.2, 0) is 12.8 Å². The number of hydrogen-bond donors (Lipinski definition) is 0. The molecule has 2 aliphatic carbocycles. The topological polar surface area (TPSA) is 3.24 Å². The summed E-state index contributed by atoms with van der Waals surface area (Å²) in [7, 11) is 0. The van der Waals surface area contributed by atoms with E-state index in [2.05, 4.69) is 248 Å². The van der Waals surface area contributed by atoms with Crippen molar-refractivity contribution in [2.24, 2.45) is 0 Å². The lowest BCUT2D eigenvalue weighted by Crippen LogP contribution is -2.13. The van der Waals surface area contributed by atoms with Crippen molar-refractivity contribution in [2.45, 2.75) is 25.2 Å². The van der Waals surface area contributed by atoms with Crippen LogP contribution in [-0.4, -0.2) is 0 Å². The van der Waals surface area contributed by atoms with Gasteiger partial charge in [0.25, 0.3) is 0 Å². The summed E-state index contributed by atoms with van der Waals surface area (Å²) < 4.78 is 0. The smallest absolute Gasteiger partial charge is 0.0468 e. The van der Waals surface area contributed by atoms with E-state index in [1.54, 1.807) is 0 Å². The van der Waals surface area contributed by atoms with E-state index in [4.69, 9.17) is 0 Å². The first kappa shape index (κ1) is 38.7. The predicted molar refractivity (Wildman–Crippen MR) is 275 cm³/mol. The van der Waals surface area contributed by atoms with Gasteiger partial charge in [0.15, 0.2) is 0 Å². The second-order valence-corrected chi connectivity index (χ2v) is 17.5. The maximum Gasteiger partial charge on any atom is 0.0468 e. The fourth-order valence-electron chi connectivity index (χ4n) is 10.7. The number of benzene rings is 10. The standard InChI is InChI=1S/C64H47N/c1-2-21-50(22-3-1)65(51-38-36-45(37-39-51)44-32-34-48(35-33-44)54-30-14-19-46-16-4-7-23-53(46)54)52-40-41-62(64(43-52)58-31-15-20-47-17-5-8-24-55(47)58)59-27-11-13-29-61(59)63-42-49-18-6-9-25-56(49)57-26-10-12-28-60(57)63/h1-6,8-22,24-41,43,63H,7,23,42H2. The normalized spacial score (nSPS) is 13.8. The van der Waals surface area contributed by atoms with Crippen LogP contribution < -0.4 is 4.90 Å². The number of hydrogen-bond acceptors (Lipinski definition) is 1. The van der Waals surface area contributed by atoms with E-state index in [-0.39, 0.29) is 5.92 Å². The Morgan fingerprint density at radius 3 is 1.74 bits per heavy atom. The van der Waals surface area contributed by atoms with Gasteiger partial charge in [-0.3, -0.25) is 0 Å². The third-order valence-corrected chi connectivity index (χ3v) is 13.8. The van der Waals surface area contributed by atoms with Gasteiger partial charge in [0.1, 0.15) is 0 Å². The van der Waals surface area contributed by atoms with E-state index in [1.165, 1.54) is 94.2 Å². The zero-order valence-corrected chi connectivity index (χ0v) is 36.2. The van der Waals surface area contributed by atoms with E-state index in [9.17, 15) is 0 Å². The number of para-hydroxylation sites is 1. The molecule has 65 heavy (non-hydrogen) atoms. The van der Waals surface area contributed by atoms with E-state index in [0.29, 0.717) is 0 Å².